The second-order valence-corrected chi connectivity index (χ2v) is 4.64. The van der Waals surface area contributed by atoms with Crippen LogP contribution in [0.5, 0.6) is 0 Å². The molecule has 1 fully saturated rings. The molecule has 5 heteroatoms. The summed E-state index contributed by atoms with van der Waals surface area (Å²) in [5.41, 5.74) is 5.32. The molecule has 0 aliphatic carbocycles. The van der Waals surface area contributed by atoms with Gasteiger partial charge in [-0.2, -0.15) is 0 Å². The Morgan fingerprint density at radius 2 is 2.40 bits per heavy atom. The van der Waals surface area contributed by atoms with Crippen LogP contribution in [0.3, 0.4) is 0 Å². The number of anilines is 1. The Bertz CT molecular complexity index is 389. The van der Waals surface area contributed by atoms with Gasteiger partial charge in [-0.3, -0.25) is 9.59 Å². The van der Waals surface area contributed by atoms with Crippen molar-refractivity contribution < 1.29 is 9.59 Å². The fourth-order valence-corrected chi connectivity index (χ4v) is 2.78. The lowest BCUT2D eigenvalue weighted by atomic mass is 10.2. The summed E-state index contributed by atoms with van der Waals surface area (Å²) in [5.74, 6) is -0.284. The van der Waals surface area contributed by atoms with E-state index in [9.17, 15) is 9.59 Å². The van der Waals surface area contributed by atoms with Gasteiger partial charge in [0.2, 0.25) is 5.91 Å². The van der Waals surface area contributed by atoms with Gasteiger partial charge in [0.05, 0.1) is 9.88 Å². The predicted molar refractivity (Wildman–Crippen MR) is 59.3 cm³/mol. The standard InChI is InChI=1S/C10H12N2O2S/c11-10(14)8-2-1-5-12(8)9-4-3-7(6-13)15-9/h3-4,6,8H,1-2,5H2,(H2,11,14). The minimum Gasteiger partial charge on any atom is -0.368 e. The zero-order chi connectivity index (χ0) is 10.8. The van der Waals surface area contributed by atoms with E-state index in [1.165, 1.54) is 11.3 Å². The van der Waals surface area contributed by atoms with Crippen LogP contribution in [0.1, 0.15) is 22.5 Å². The number of nitrogens with zero attached hydrogens (tertiary/aromatic N) is 1. The third-order valence-electron chi connectivity index (χ3n) is 2.59. The second kappa shape index (κ2) is 4.02. The van der Waals surface area contributed by atoms with Gasteiger partial charge in [0.1, 0.15) is 6.04 Å². The molecule has 80 valence electrons. The van der Waals surface area contributed by atoms with Crippen molar-refractivity contribution in [3.63, 3.8) is 0 Å². The van der Waals surface area contributed by atoms with Gasteiger partial charge in [-0.05, 0) is 25.0 Å². The molecule has 1 unspecified atom stereocenters. The van der Waals surface area contributed by atoms with Gasteiger partial charge < -0.3 is 10.6 Å². The lowest BCUT2D eigenvalue weighted by Crippen LogP contribution is -2.39. The zero-order valence-corrected chi connectivity index (χ0v) is 9.00. The Balaban J connectivity index is 2.22. The minimum atomic E-state index is -0.284. The number of carbonyl (C=O) groups excluding carboxylic acids is 2. The molecule has 0 radical (unpaired) electrons. The molecule has 0 spiro atoms. The normalized spacial score (nSPS) is 20.5. The van der Waals surface area contributed by atoms with Gasteiger partial charge in [-0.15, -0.1) is 11.3 Å². The Labute approximate surface area is 91.7 Å². The number of amides is 1. The molecule has 0 aromatic carbocycles. The second-order valence-electron chi connectivity index (χ2n) is 3.55. The molecule has 1 atom stereocenters. The van der Waals surface area contributed by atoms with Crippen molar-refractivity contribution in [3.05, 3.63) is 17.0 Å². The first-order valence-corrected chi connectivity index (χ1v) is 5.65. The maximum atomic E-state index is 11.2. The van der Waals surface area contributed by atoms with E-state index in [0.717, 1.165) is 30.7 Å². The van der Waals surface area contributed by atoms with Crippen molar-refractivity contribution in [2.45, 2.75) is 18.9 Å². The molecule has 4 nitrogen and oxygen atoms in total. The Kier molecular flexibility index (Phi) is 2.73. The maximum Gasteiger partial charge on any atom is 0.240 e. The Hall–Kier alpha value is -1.36. The minimum absolute atomic E-state index is 0.205. The third-order valence-corrected chi connectivity index (χ3v) is 3.64. The summed E-state index contributed by atoms with van der Waals surface area (Å²) in [6.07, 6.45) is 2.61. The van der Waals surface area contributed by atoms with Crippen molar-refractivity contribution in [1.29, 1.82) is 0 Å². The molecular weight excluding hydrogens is 212 g/mol. The first kappa shape index (κ1) is 10.2. The van der Waals surface area contributed by atoms with Gasteiger partial charge in [-0.1, -0.05) is 0 Å². The summed E-state index contributed by atoms with van der Waals surface area (Å²) < 4.78 is 0. The van der Waals surface area contributed by atoms with E-state index in [1.807, 2.05) is 11.0 Å². The van der Waals surface area contributed by atoms with E-state index in [0.29, 0.717) is 4.88 Å². The highest BCUT2D eigenvalue weighted by atomic mass is 32.1. The van der Waals surface area contributed by atoms with Crippen LogP contribution >= 0.6 is 11.3 Å². The number of primary amides is 1. The van der Waals surface area contributed by atoms with E-state index in [1.54, 1.807) is 6.07 Å². The fourth-order valence-electron chi connectivity index (χ4n) is 1.89. The van der Waals surface area contributed by atoms with Crippen molar-refractivity contribution in [2.75, 3.05) is 11.4 Å². The number of thiophene rings is 1. The molecule has 15 heavy (non-hydrogen) atoms. The molecule has 1 aromatic rings. The highest BCUT2D eigenvalue weighted by Gasteiger charge is 2.29. The van der Waals surface area contributed by atoms with E-state index >= 15 is 0 Å². The quantitative estimate of drug-likeness (QED) is 0.779. The number of nitrogens with two attached hydrogens (primary N) is 1. The number of hydrogen-bond acceptors (Lipinski definition) is 4. The summed E-state index contributed by atoms with van der Waals surface area (Å²) in [4.78, 5) is 24.4. The van der Waals surface area contributed by atoms with E-state index in [-0.39, 0.29) is 11.9 Å². The van der Waals surface area contributed by atoms with Crippen LogP contribution in [0.2, 0.25) is 0 Å². The van der Waals surface area contributed by atoms with E-state index in [4.69, 9.17) is 5.73 Å². The van der Waals surface area contributed by atoms with Crippen LogP contribution in [0, 0.1) is 0 Å². The van der Waals surface area contributed by atoms with Crippen LogP contribution in [-0.2, 0) is 4.79 Å². The van der Waals surface area contributed by atoms with Crippen LogP contribution < -0.4 is 10.6 Å². The van der Waals surface area contributed by atoms with Gasteiger partial charge in [0.25, 0.3) is 0 Å². The monoisotopic (exact) mass is 224 g/mol. The Morgan fingerprint density at radius 1 is 1.60 bits per heavy atom. The molecule has 2 rings (SSSR count). The highest BCUT2D eigenvalue weighted by molar-refractivity contribution is 7.17. The summed E-state index contributed by atoms with van der Waals surface area (Å²) in [6, 6.07) is 3.43. The van der Waals surface area contributed by atoms with Gasteiger partial charge in [0.15, 0.2) is 6.29 Å². The SMILES string of the molecule is NC(=O)C1CCCN1c1ccc(C=O)s1. The number of aldehydes is 1. The summed E-state index contributed by atoms with van der Waals surface area (Å²) in [6.45, 7) is 0.840. The van der Waals surface area contributed by atoms with Crippen LogP contribution in [-0.4, -0.2) is 24.8 Å². The molecule has 1 aliphatic rings. The van der Waals surface area contributed by atoms with Crippen LogP contribution in [0.25, 0.3) is 0 Å². The molecule has 0 bridgehead atoms. The summed E-state index contributed by atoms with van der Waals surface area (Å²) in [5, 5.41) is 0.957. The topological polar surface area (TPSA) is 63.4 Å². The molecule has 1 aliphatic heterocycles. The zero-order valence-electron chi connectivity index (χ0n) is 8.18. The highest BCUT2D eigenvalue weighted by Crippen LogP contribution is 2.31. The van der Waals surface area contributed by atoms with Gasteiger partial charge in [-0.25, -0.2) is 0 Å². The predicted octanol–water partition coefficient (Wildman–Crippen LogP) is 1.01. The first-order chi connectivity index (χ1) is 7.22. The number of carbonyl (C=O) groups is 2. The van der Waals surface area contributed by atoms with E-state index < -0.39 is 0 Å². The van der Waals surface area contributed by atoms with Crippen molar-refractivity contribution in [2.24, 2.45) is 5.73 Å². The van der Waals surface area contributed by atoms with Gasteiger partial charge in [0, 0.05) is 6.54 Å². The largest absolute Gasteiger partial charge is 0.368 e. The van der Waals surface area contributed by atoms with Crippen LogP contribution in [0.15, 0.2) is 12.1 Å². The van der Waals surface area contributed by atoms with Crippen molar-refractivity contribution in [1.82, 2.24) is 0 Å². The molecular formula is C10H12N2O2S. The third kappa shape index (κ3) is 1.87. The maximum absolute atomic E-state index is 11.2. The Morgan fingerprint density at radius 3 is 3.00 bits per heavy atom. The number of rotatable bonds is 3. The molecule has 2 N–H and O–H groups in total. The molecule has 1 aromatic heterocycles. The summed E-state index contributed by atoms with van der Waals surface area (Å²) >= 11 is 1.40. The molecule has 1 saturated heterocycles. The average Bonchev–Trinajstić information content (AvgIpc) is 2.85. The smallest absolute Gasteiger partial charge is 0.240 e. The lowest BCUT2D eigenvalue weighted by Gasteiger charge is -2.22. The molecule has 1 amide bonds. The van der Waals surface area contributed by atoms with Crippen molar-refractivity contribution in [3.8, 4) is 0 Å². The molecule has 0 saturated carbocycles. The number of hydrogen-bond donors (Lipinski definition) is 1. The fraction of sp³-hybridized carbons (Fsp3) is 0.400. The average molecular weight is 224 g/mol. The lowest BCUT2D eigenvalue weighted by molar-refractivity contribution is -0.119. The van der Waals surface area contributed by atoms with Crippen LogP contribution in [0.4, 0.5) is 5.00 Å². The first-order valence-electron chi connectivity index (χ1n) is 4.83. The molecule has 2 heterocycles. The summed E-state index contributed by atoms with van der Waals surface area (Å²) in [7, 11) is 0. The van der Waals surface area contributed by atoms with Crippen molar-refractivity contribution >= 4 is 28.5 Å². The van der Waals surface area contributed by atoms with E-state index in [2.05, 4.69) is 0 Å². The van der Waals surface area contributed by atoms with Gasteiger partial charge >= 0.3 is 0 Å².